The van der Waals surface area contributed by atoms with Crippen LogP contribution < -0.4 is 4.74 Å². The van der Waals surface area contributed by atoms with Crippen molar-refractivity contribution < 1.29 is 4.74 Å². The fourth-order valence-electron chi connectivity index (χ4n) is 3.28. The van der Waals surface area contributed by atoms with E-state index in [1.807, 2.05) is 0 Å². The molecule has 0 spiro atoms. The maximum absolute atomic E-state index is 5.39. The first-order chi connectivity index (χ1) is 12.7. The van der Waals surface area contributed by atoms with Crippen LogP contribution in [0.2, 0.25) is 0 Å². The Kier molecular flexibility index (Phi) is 6.45. The fourth-order valence-corrected chi connectivity index (χ4v) is 3.28. The van der Waals surface area contributed by atoms with E-state index in [-0.39, 0.29) is 0 Å². The Labute approximate surface area is 157 Å². The summed E-state index contributed by atoms with van der Waals surface area (Å²) in [5, 5.41) is 0. The molecule has 0 saturated carbocycles. The monoisotopic (exact) mass is 345 g/mol. The van der Waals surface area contributed by atoms with Crippen LogP contribution in [0.1, 0.15) is 22.3 Å². The van der Waals surface area contributed by atoms with Crippen molar-refractivity contribution in [2.75, 3.05) is 13.7 Å². The Hall–Kier alpha value is -2.58. The zero-order valence-corrected chi connectivity index (χ0v) is 15.7. The zero-order chi connectivity index (χ0) is 18.2. The lowest BCUT2D eigenvalue weighted by Crippen LogP contribution is -2.25. The number of methoxy groups -OCH3 is 1. The second-order valence-corrected chi connectivity index (χ2v) is 6.74. The standard InChI is InChI=1S/C24H27NO/c1-20-17-23(13-14-24(20)26-2)19-25(18-22-11-7-4-8-12-22)16-15-21-9-5-3-6-10-21/h3-14,17H,15-16,18-19H2,1-2H3. The van der Waals surface area contributed by atoms with Crippen molar-refractivity contribution in [2.24, 2.45) is 0 Å². The molecule has 0 amide bonds. The van der Waals surface area contributed by atoms with Crippen LogP contribution in [0.15, 0.2) is 78.9 Å². The predicted molar refractivity (Wildman–Crippen MR) is 108 cm³/mol. The molecule has 0 bridgehead atoms. The molecule has 2 heteroatoms. The second kappa shape index (κ2) is 9.21. The number of nitrogens with zero attached hydrogens (tertiary/aromatic N) is 1. The molecule has 0 atom stereocenters. The van der Waals surface area contributed by atoms with Gasteiger partial charge in [-0.3, -0.25) is 4.90 Å². The van der Waals surface area contributed by atoms with Gasteiger partial charge in [0.25, 0.3) is 0 Å². The van der Waals surface area contributed by atoms with E-state index in [0.717, 1.165) is 31.8 Å². The summed E-state index contributed by atoms with van der Waals surface area (Å²) in [6.07, 6.45) is 1.06. The number of hydrogen-bond acceptors (Lipinski definition) is 2. The number of benzene rings is 3. The quantitative estimate of drug-likeness (QED) is 0.553. The Morgan fingerprint density at radius 1 is 0.731 bits per heavy atom. The molecule has 0 aromatic heterocycles. The minimum absolute atomic E-state index is 0.937. The summed E-state index contributed by atoms with van der Waals surface area (Å²) in [4.78, 5) is 2.52. The van der Waals surface area contributed by atoms with Gasteiger partial charge < -0.3 is 4.74 Å². The molecule has 0 fully saturated rings. The smallest absolute Gasteiger partial charge is 0.121 e. The van der Waals surface area contributed by atoms with Crippen LogP contribution in [0.5, 0.6) is 5.75 Å². The van der Waals surface area contributed by atoms with Gasteiger partial charge in [0.2, 0.25) is 0 Å². The average molecular weight is 345 g/mol. The molecular weight excluding hydrogens is 318 g/mol. The second-order valence-electron chi connectivity index (χ2n) is 6.74. The maximum Gasteiger partial charge on any atom is 0.121 e. The van der Waals surface area contributed by atoms with Crippen LogP contribution in [0.25, 0.3) is 0 Å². The molecule has 0 aliphatic heterocycles. The van der Waals surface area contributed by atoms with Crippen LogP contribution in [0.4, 0.5) is 0 Å². The average Bonchev–Trinajstić information content (AvgIpc) is 2.68. The molecule has 2 nitrogen and oxygen atoms in total. The van der Waals surface area contributed by atoms with Crippen LogP contribution in [0, 0.1) is 6.92 Å². The molecule has 3 aromatic carbocycles. The van der Waals surface area contributed by atoms with Crippen LogP contribution in [-0.2, 0) is 19.5 Å². The lowest BCUT2D eigenvalue weighted by Gasteiger charge is -2.23. The van der Waals surface area contributed by atoms with Gasteiger partial charge in [-0.25, -0.2) is 0 Å². The molecular formula is C24H27NO. The van der Waals surface area contributed by atoms with E-state index in [2.05, 4.69) is 90.7 Å². The van der Waals surface area contributed by atoms with Gasteiger partial charge in [0.1, 0.15) is 5.75 Å². The molecule has 0 aliphatic carbocycles. The summed E-state index contributed by atoms with van der Waals surface area (Å²) in [7, 11) is 1.73. The number of rotatable bonds is 8. The highest BCUT2D eigenvalue weighted by molar-refractivity contribution is 5.36. The van der Waals surface area contributed by atoms with Crippen LogP contribution in [-0.4, -0.2) is 18.6 Å². The van der Waals surface area contributed by atoms with Gasteiger partial charge in [0.15, 0.2) is 0 Å². The summed E-state index contributed by atoms with van der Waals surface area (Å²) in [5.41, 5.74) is 5.25. The van der Waals surface area contributed by atoms with Crippen molar-refractivity contribution in [1.82, 2.24) is 4.90 Å². The normalized spacial score (nSPS) is 10.9. The van der Waals surface area contributed by atoms with E-state index < -0.39 is 0 Å². The number of aryl methyl sites for hydroxylation is 1. The fraction of sp³-hybridized carbons (Fsp3) is 0.250. The summed E-state index contributed by atoms with van der Waals surface area (Å²) < 4.78 is 5.39. The van der Waals surface area contributed by atoms with Gasteiger partial charge in [-0.15, -0.1) is 0 Å². The van der Waals surface area contributed by atoms with Gasteiger partial charge in [-0.1, -0.05) is 72.8 Å². The summed E-state index contributed by atoms with van der Waals surface area (Å²) in [6.45, 7) is 5.03. The van der Waals surface area contributed by atoms with Crippen molar-refractivity contribution in [2.45, 2.75) is 26.4 Å². The summed E-state index contributed by atoms with van der Waals surface area (Å²) in [6, 6.07) is 27.9. The van der Waals surface area contributed by atoms with Gasteiger partial charge in [0, 0.05) is 19.6 Å². The number of hydrogen-bond donors (Lipinski definition) is 0. The van der Waals surface area contributed by atoms with Gasteiger partial charge in [-0.05, 0) is 41.7 Å². The third kappa shape index (κ3) is 5.21. The van der Waals surface area contributed by atoms with Crippen LogP contribution >= 0.6 is 0 Å². The largest absolute Gasteiger partial charge is 0.496 e. The van der Waals surface area contributed by atoms with Crippen molar-refractivity contribution in [3.05, 3.63) is 101 Å². The minimum atomic E-state index is 0.937. The molecule has 0 saturated heterocycles. The van der Waals surface area contributed by atoms with E-state index in [9.17, 15) is 0 Å². The molecule has 26 heavy (non-hydrogen) atoms. The molecule has 0 radical (unpaired) electrons. The van der Waals surface area contributed by atoms with Crippen molar-refractivity contribution in [1.29, 1.82) is 0 Å². The van der Waals surface area contributed by atoms with E-state index in [0.29, 0.717) is 0 Å². The first kappa shape index (κ1) is 18.2. The highest BCUT2D eigenvalue weighted by Crippen LogP contribution is 2.20. The Bertz CT molecular complexity index is 799. The highest BCUT2D eigenvalue weighted by atomic mass is 16.5. The maximum atomic E-state index is 5.39. The molecule has 0 N–H and O–H groups in total. The van der Waals surface area contributed by atoms with Crippen molar-refractivity contribution in [3.8, 4) is 5.75 Å². The van der Waals surface area contributed by atoms with Crippen molar-refractivity contribution >= 4 is 0 Å². The molecule has 3 aromatic rings. The van der Waals surface area contributed by atoms with Crippen LogP contribution in [0.3, 0.4) is 0 Å². The first-order valence-electron chi connectivity index (χ1n) is 9.18. The molecule has 0 aliphatic rings. The summed E-state index contributed by atoms with van der Waals surface area (Å²) in [5.74, 6) is 0.952. The lowest BCUT2D eigenvalue weighted by molar-refractivity contribution is 0.260. The minimum Gasteiger partial charge on any atom is -0.496 e. The van der Waals surface area contributed by atoms with E-state index >= 15 is 0 Å². The van der Waals surface area contributed by atoms with Gasteiger partial charge in [0.05, 0.1) is 7.11 Å². The third-order valence-corrected chi connectivity index (χ3v) is 4.67. The molecule has 0 heterocycles. The molecule has 0 unspecified atom stereocenters. The zero-order valence-electron chi connectivity index (χ0n) is 15.7. The Morgan fingerprint density at radius 3 is 1.96 bits per heavy atom. The SMILES string of the molecule is COc1ccc(CN(CCc2ccccc2)Cc2ccccc2)cc1C. The van der Waals surface area contributed by atoms with E-state index in [4.69, 9.17) is 4.74 Å². The van der Waals surface area contributed by atoms with E-state index in [1.165, 1.54) is 22.3 Å². The molecule has 134 valence electrons. The molecule has 3 rings (SSSR count). The third-order valence-electron chi connectivity index (χ3n) is 4.67. The van der Waals surface area contributed by atoms with Gasteiger partial charge in [-0.2, -0.15) is 0 Å². The van der Waals surface area contributed by atoms with Gasteiger partial charge >= 0.3 is 0 Å². The lowest BCUT2D eigenvalue weighted by atomic mass is 10.1. The highest BCUT2D eigenvalue weighted by Gasteiger charge is 2.09. The predicted octanol–water partition coefficient (Wildman–Crippen LogP) is 5.25. The Balaban J connectivity index is 1.72. The first-order valence-corrected chi connectivity index (χ1v) is 9.18. The van der Waals surface area contributed by atoms with E-state index in [1.54, 1.807) is 7.11 Å². The Morgan fingerprint density at radius 2 is 1.35 bits per heavy atom. The topological polar surface area (TPSA) is 12.5 Å². The summed E-state index contributed by atoms with van der Waals surface area (Å²) >= 11 is 0. The number of ether oxygens (including phenoxy) is 1. The van der Waals surface area contributed by atoms with Crippen molar-refractivity contribution in [3.63, 3.8) is 0 Å².